The predicted molar refractivity (Wildman–Crippen MR) is 77.0 cm³/mol. The Kier molecular flexibility index (Phi) is 4.59. The van der Waals surface area contributed by atoms with Crippen LogP contribution in [0.15, 0.2) is 41.5 Å². The van der Waals surface area contributed by atoms with Crippen molar-refractivity contribution in [2.24, 2.45) is 4.99 Å². The molecule has 0 amide bonds. The van der Waals surface area contributed by atoms with Gasteiger partial charge >= 0.3 is 0 Å². The normalized spacial score (nSPS) is 11.1. The molecule has 2 aromatic rings. The van der Waals surface area contributed by atoms with Crippen LogP contribution < -0.4 is 0 Å². The van der Waals surface area contributed by atoms with E-state index in [1.54, 1.807) is 36.7 Å². The Balaban J connectivity index is 2.10. The standard InChI is InChI=1S/C13H9Cl3N2/c14-11-2-1-3-12(15)10(11)8-17-6-9-4-5-13(16)18-7-9/h1-5,7-8H,6H2. The minimum absolute atomic E-state index is 0.469. The van der Waals surface area contributed by atoms with Crippen LogP contribution in [-0.2, 0) is 6.54 Å². The summed E-state index contributed by atoms with van der Waals surface area (Å²) in [5.74, 6) is 0. The number of aromatic nitrogens is 1. The number of pyridine rings is 1. The molecule has 2 nitrogen and oxygen atoms in total. The van der Waals surface area contributed by atoms with E-state index in [-0.39, 0.29) is 0 Å². The fourth-order valence-electron chi connectivity index (χ4n) is 1.38. The number of rotatable bonds is 3. The highest BCUT2D eigenvalue weighted by atomic mass is 35.5. The third kappa shape index (κ3) is 3.45. The summed E-state index contributed by atoms with van der Waals surface area (Å²) in [5, 5.41) is 1.64. The fourth-order valence-corrected chi connectivity index (χ4v) is 1.98. The highest BCUT2D eigenvalue weighted by Crippen LogP contribution is 2.22. The van der Waals surface area contributed by atoms with Crippen molar-refractivity contribution in [2.75, 3.05) is 0 Å². The molecule has 0 unspecified atom stereocenters. The maximum Gasteiger partial charge on any atom is 0.129 e. The van der Waals surface area contributed by atoms with Crippen LogP contribution in [0.25, 0.3) is 0 Å². The number of halogens is 3. The van der Waals surface area contributed by atoms with E-state index in [1.165, 1.54) is 0 Å². The van der Waals surface area contributed by atoms with Gasteiger partial charge in [0, 0.05) is 18.0 Å². The minimum atomic E-state index is 0.469. The van der Waals surface area contributed by atoms with Crippen LogP contribution in [0.1, 0.15) is 11.1 Å². The first-order valence-electron chi connectivity index (χ1n) is 5.21. The lowest BCUT2D eigenvalue weighted by atomic mass is 10.2. The van der Waals surface area contributed by atoms with E-state index >= 15 is 0 Å². The number of nitrogens with zero attached hydrogens (tertiary/aromatic N) is 2. The lowest BCUT2D eigenvalue weighted by Crippen LogP contribution is -1.88. The monoisotopic (exact) mass is 298 g/mol. The van der Waals surface area contributed by atoms with Crippen molar-refractivity contribution in [1.29, 1.82) is 0 Å². The first-order chi connectivity index (χ1) is 8.66. The number of hydrogen-bond acceptors (Lipinski definition) is 2. The van der Waals surface area contributed by atoms with E-state index in [2.05, 4.69) is 9.98 Å². The molecule has 5 heteroatoms. The van der Waals surface area contributed by atoms with E-state index < -0.39 is 0 Å². The van der Waals surface area contributed by atoms with E-state index in [0.717, 1.165) is 11.1 Å². The van der Waals surface area contributed by atoms with Gasteiger partial charge in [0.2, 0.25) is 0 Å². The molecule has 0 aliphatic heterocycles. The van der Waals surface area contributed by atoms with Gasteiger partial charge in [0.15, 0.2) is 0 Å². The highest BCUT2D eigenvalue weighted by Gasteiger charge is 2.01. The number of aliphatic imine (C=N–C) groups is 1. The zero-order valence-electron chi connectivity index (χ0n) is 9.28. The van der Waals surface area contributed by atoms with Gasteiger partial charge in [0.25, 0.3) is 0 Å². The van der Waals surface area contributed by atoms with Crippen molar-refractivity contribution in [3.05, 3.63) is 62.9 Å². The summed E-state index contributed by atoms with van der Waals surface area (Å²) >= 11 is 17.8. The Morgan fingerprint density at radius 1 is 1.06 bits per heavy atom. The van der Waals surface area contributed by atoms with Crippen LogP contribution in [0.5, 0.6) is 0 Å². The van der Waals surface area contributed by atoms with Gasteiger partial charge in [-0.05, 0) is 23.8 Å². The molecule has 18 heavy (non-hydrogen) atoms. The van der Waals surface area contributed by atoms with Gasteiger partial charge in [0.05, 0.1) is 16.6 Å². The molecule has 92 valence electrons. The zero-order chi connectivity index (χ0) is 13.0. The zero-order valence-corrected chi connectivity index (χ0v) is 11.5. The summed E-state index contributed by atoms with van der Waals surface area (Å²) in [7, 11) is 0. The van der Waals surface area contributed by atoms with Crippen molar-refractivity contribution in [1.82, 2.24) is 4.98 Å². The third-order valence-electron chi connectivity index (χ3n) is 2.28. The molecule has 0 saturated carbocycles. The molecule has 0 fully saturated rings. The van der Waals surface area contributed by atoms with E-state index in [1.807, 2.05) is 6.07 Å². The third-order valence-corrected chi connectivity index (χ3v) is 3.17. The second-order valence-electron chi connectivity index (χ2n) is 3.59. The van der Waals surface area contributed by atoms with Crippen molar-refractivity contribution < 1.29 is 0 Å². The molecular formula is C13H9Cl3N2. The van der Waals surface area contributed by atoms with Crippen LogP contribution in [0, 0.1) is 0 Å². The summed E-state index contributed by atoms with van der Waals surface area (Å²) in [6.45, 7) is 0.506. The molecule has 0 bridgehead atoms. The Hall–Kier alpha value is -1.09. The first-order valence-corrected chi connectivity index (χ1v) is 6.34. The molecule has 0 aliphatic carbocycles. The Morgan fingerprint density at radius 2 is 1.78 bits per heavy atom. The molecule has 0 N–H and O–H groups in total. The van der Waals surface area contributed by atoms with Crippen molar-refractivity contribution in [2.45, 2.75) is 6.54 Å². The van der Waals surface area contributed by atoms with Gasteiger partial charge < -0.3 is 0 Å². The SMILES string of the molecule is Clc1ccc(CN=Cc2c(Cl)cccc2Cl)cn1. The molecule has 1 aromatic heterocycles. The molecule has 1 aromatic carbocycles. The van der Waals surface area contributed by atoms with Gasteiger partial charge in [-0.3, -0.25) is 4.99 Å². The topological polar surface area (TPSA) is 25.2 Å². The maximum atomic E-state index is 6.03. The molecular weight excluding hydrogens is 291 g/mol. The predicted octanol–water partition coefficient (Wildman–Crippen LogP) is 4.66. The second-order valence-corrected chi connectivity index (χ2v) is 4.80. The molecule has 0 saturated heterocycles. The summed E-state index contributed by atoms with van der Waals surface area (Å²) in [4.78, 5) is 8.27. The molecule has 1 heterocycles. The number of hydrogen-bond donors (Lipinski definition) is 0. The van der Waals surface area contributed by atoms with Crippen molar-refractivity contribution in [3.8, 4) is 0 Å². The molecule has 0 atom stereocenters. The quantitative estimate of drug-likeness (QED) is 0.597. The Labute approximate surface area is 120 Å². The molecule has 0 radical (unpaired) electrons. The lowest BCUT2D eigenvalue weighted by molar-refractivity contribution is 1.05. The first kappa shape index (κ1) is 13.3. The van der Waals surface area contributed by atoms with Crippen LogP contribution in [-0.4, -0.2) is 11.2 Å². The van der Waals surface area contributed by atoms with Gasteiger partial charge in [-0.2, -0.15) is 0 Å². The number of benzene rings is 1. The Bertz CT molecular complexity index is 545. The van der Waals surface area contributed by atoms with Gasteiger partial charge in [-0.25, -0.2) is 4.98 Å². The van der Waals surface area contributed by atoms with Crippen LogP contribution in [0.3, 0.4) is 0 Å². The summed E-state index contributed by atoms with van der Waals surface area (Å²) in [6, 6.07) is 8.96. The van der Waals surface area contributed by atoms with Gasteiger partial charge in [0.1, 0.15) is 5.15 Å². The largest absolute Gasteiger partial charge is 0.288 e. The average molecular weight is 300 g/mol. The summed E-state index contributed by atoms with van der Waals surface area (Å²) in [6.07, 6.45) is 3.35. The van der Waals surface area contributed by atoms with Crippen LogP contribution >= 0.6 is 34.8 Å². The fraction of sp³-hybridized carbons (Fsp3) is 0.0769. The van der Waals surface area contributed by atoms with Crippen LogP contribution in [0.4, 0.5) is 0 Å². The maximum absolute atomic E-state index is 6.03. The summed E-state index contributed by atoms with van der Waals surface area (Å²) < 4.78 is 0. The lowest BCUT2D eigenvalue weighted by Gasteiger charge is -2.00. The average Bonchev–Trinajstić information content (AvgIpc) is 2.35. The molecule has 2 rings (SSSR count). The Morgan fingerprint density at radius 3 is 2.39 bits per heavy atom. The van der Waals surface area contributed by atoms with Gasteiger partial charge in [-0.1, -0.05) is 46.9 Å². The minimum Gasteiger partial charge on any atom is -0.288 e. The second kappa shape index (κ2) is 6.19. The van der Waals surface area contributed by atoms with Crippen molar-refractivity contribution in [3.63, 3.8) is 0 Å². The smallest absolute Gasteiger partial charge is 0.129 e. The van der Waals surface area contributed by atoms with Crippen molar-refractivity contribution >= 4 is 41.0 Å². The van der Waals surface area contributed by atoms with Crippen LogP contribution in [0.2, 0.25) is 15.2 Å². The molecule has 0 spiro atoms. The van der Waals surface area contributed by atoms with E-state index in [0.29, 0.717) is 21.7 Å². The highest BCUT2D eigenvalue weighted by molar-refractivity contribution is 6.38. The summed E-state index contributed by atoms with van der Waals surface area (Å²) in [5.41, 5.74) is 1.70. The molecule has 0 aliphatic rings. The van der Waals surface area contributed by atoms with Gasteiger partial charge in [-0.15, -0.1) is 0 Å². The van der Waals surface area contributed by atoms with E-state index in [4.69, 9.17) is 34.8 Å². The van der Waals surface area contributed by atoms with E-state index in [9.17, 15) is 0 Å².